The van der Waals surface area contributed by atoms with E-state index in [-0.39, 0.29) is 0 Å². The number of hydrogen-bond donors (Lipinski definition) is 0. The third-order valence-corrected chi connectivity index (χ3v) is 25.3. The molecule has 0 saturated carbocycles. The van der Waals surface area contributed by atoms with Gasteiger partial charge in [0.2, 0.25) is 0 Å². The first kappa shape index (κ1) is 55.2. The van der Waals surface area contributed by atoms with Crippen LogP contribution in [0.25, 0.3) is 142 Å². The van der Waals surface area contributed by atoms with Gasteiger partial charge in [0.05, 0.1) is 27.8 Å². The number of aromatic nitrogens is 2. The molecule has 440 valence electrons. The molecule has 3 heterocycles. The molecular formula is C90H60N2SSi. The molecule has 15 aromatic carbocycles. The van der Waals surface area contributed by atoms with Crippen molar-refractivity contribution in [3.8, 4) is 78.1 Å². The maximum Gasteiger partial charge on any atom is 0.179 e. The van der Waals surface area contributed by atoms with Crippen LogP contribution in [-0.4, -0.2) is 17.2 Å². The van der Waals surface area contributed by atoms with Crippen LogP contribution in [0.3, 0.4) is 0 Å². The van der Waals surface area contributed by atoms with Gasteiger partial charge >= 0.3 is 0 Å². The zero-order chi connectivity index (χ0) is 62.1. The topological polar surface area (TPSA) is 9.86 Å². The fraction of sp³-hybridized carbons (Fsp3) is 0. The number of hydrogen-bond acceptors (Lipinski definition) is 1. The molecule has 18 aromatic rings. The van der Waals surface area contributed by atoms with Crippen LogP contribution in [0.1, 0.15) is 0 Å². The van der Waals surface area contributed by atoms with Crippen molar-refractivity contribution in [1.29, 1.82) is 0 Å². The molecular weight excluding hydrogens is 1170 g/mol. The smallest absolute Gasteiger partial charge is 0.179 e. The lowest BCUT2D eigenvalue weighted by atomic mass is 9.91. The Labute approximate surface area is 551 Å². The minimum Gasteiger partial charge on any atom is -0.309 e. The van der Waals surface area contributed by atoms with Crippen molar-refractivity contribution in [2.24, 2.45) is 0 Å². The summed E-state index contributed by atoms with van der Waals surface area (Å²) in [6.45, 7) is 0. The maximum atomic E-state index is 2.59. The highest BCUT2D eigenvalue weighted by atomic mass is 32.1. The van der Waals surface area contributed by atoms with Crippen LogP contribution in [0.5, 0.6) is 0 Å². The Morgan fingerprint density at radius 3 is 1.26 bits per heavy atom. The van der Waals surface area contributed by atoms with E-state index in [2.05, 4.69) is 373 Å². The van der Waals surface area contributed by atoms with Crippen LogP contribution in [0.15, 0.2) is 364 Å². The molecule has 2 nitrogen and oxygen atoms in total. The number of para-hydroxylation sites is 3. The van der Waals surface area contributed by atoms with Gasteiger partial charge in [-0.25, -0.2) is 0 Å². The van der Waals surface area contributed by atoms with Crippen molar-refractivity contribution < 1.29 is 0 Å². The normalized spacial score (nSPS) is 11.8. The average molecular weight is 1230 g/mol. The monoisotopic (exact) mass is 1230 g/mol. The first-order valence-electron chi connectivity index (χ1n) is 32.4. The van der Waals surface area contributed by atoms with E-state index in [1.54, 1.807) is 0 Å². The molecule has 4 heteroatoms. The van der Waals surface area contributed by atoms with Crippen molar-refractivity contribution >= 4 is 104 Å². The number of rotatable bonds is 12. The van der Waals surface area contributed by atoms with Gasteiger partial charge in [-0.3, -0.25) is 0 Å². The molecule has 0 amide bonds. The molecule has 18 rings (SSSR count). The predicted octanol–water partition coefficient (Wildman–Crippen LogP) is 21.6. The summed E-state index contributed by atoms with van der Waals surface area (Å²) in [5.74, 6) is 0. The van der Waals surface area contributed by atoms with Crippen molar-refractivity contribution in [1.82, 2.24) is 9.13 Å². The van der Waals surface area contributed by atoms with Gasteiger partial charge in [-0.1, -0.05) is 322 Å². The van der Waals surface area contributed by atoms with E-state index in [0.717, 1.165) is 44.7 Å². The summed E-state index contributed by atoms with van der Waals surface area (Å²) in [4.78, 5) is 0. The Balaban J connectivity index is 0.912. The molecule has 0 bridgehead atoms. The first-order chi connectivity index (χ1) is 46.7. The van der Waals surface area contributed by atoms with E-state index in [1.807, 2.05) is 11.3 Å². The lowest BCUT2D eigenvalue weighted by molar-refractivity contribution is 1.17. The third-order valence-electron chi connectivity index (χ3n) is 19.5. The third kappa shape index (κ3) is 8.98. The highest BCUT2D eigenvalue weighted by Crippen LogP contribution is 2.47. The van der Waals surface area contributed by atoms with Crippen molar-refractivity contribution in [2.45, 2.75) is 0 Å². The summed E-state index contributed by atoms with van der Waals surface area (Å²) in [5, 5.41) is 12.6. The van der Waals surface area contributed by atoms with Gasteiger partial charge in [0.1, 0.15) is 0 Å². The van der Waals surface area contributed by atoms with Gasteiger partial charge in [0.25, 0.3) is 0 Å². The highest BCUT2D eigenvalue weighted by Gasteiger charge is 2.43. The van der Waals surface area contributed by atoms with E-state index >= 15 is 0 Å². The van der Waals surface area contributed by atoms with Crippen molar-refractivity contribution in [3.05, 3.63) is 364 Å². The molecule has 0 atom stereocenters. The zero-order valence-electron chi connectivity index (χ0n) is 51.4. The molecule has 0 fully saturated rings. The van der Waals surface area contributed by atoms with E-state index in [9.17, 15) is 0 Å². The van der Waals surface area contributed by atoms with Crippen LogP contribution in [0.2, 0.25) is 0 Å². The second kappa shape index (κ2) is 22.9. The summed E-state index contributed by atoms with van der Waals surface area (Å²) >= 11 is 1.87. The van der Waals surface area contributed by atoms with Crippen LogP contribution in [0.4, 0.5) is 0 Å². The number of nitrogens with zero attached hydrogens (tertiary/aromatic N) is 2. The molecule has 0 aliphatic carbocycles. The van der Waals surface area contributed by atoms with E-state index in [1.165, 1.54) is 118 Å². The Hall–Kier alpha value is -11.7. The molecule has 0 aliphatic heterocycles. The number of thiophene rings is 1. The summed E-state index contributed by atoms with van der Waals surface area (Å²) in [6.07, 6.45) is 0. The van der Waals surface area contributed by atoms with E-state index in [0.29, 0.717) is 0 Å². The fourth-order valence-corrected chi connectivity index (χ4v) is 21.4. The average Bonchev–Trinajstić information content (AvgIpc) is 1.23. The van der Waals surface area contributed by atoms with Crippen LogP contribution in [0, 0.1) is 0 Å². The molecule has 0 aliphatic rings. The molecule has 3 aromatic heterocycles. The number of benzene rings is 15. The van der Waals surface area contributed by atoms with E-state index < -0.39 is 8.07 Å². The molecule has 0 saturated heterocycles. The summed E-state index contributed by atoms with van der Waals surface area (Å²) in [5.41, 5.74) is 21.1. The standard InChI is InChI=1S/C90H60N2SSi/c1-6-28-61(29-7-1)65-36-24-40-69(56-65)94(68-38-14-5-15-39-68,70-41-25-37-66(57-70)62-30-8-2-9-31-62)71-59-80(63-32-10-3-11-33-63)90(81(60-71)64-34-12-4-13-35-64)92-84-51-22-19-45-75(84)82-58-67(54-55-85(82)92)91-83-50-21-18-44-74(83)78-49-26-48-77(89(78)91)73-43-17-16-42-72(73)76-47-27-53-87-88(76)79-46-20-23-52-86(79)93-87/h1-60H. The van der Waals surface area contributed by atoms with Gasteiger partial charge in [0.15, 0.2) is 8.07 Å². The van der Waals surface area contributed by atoms with E-state index in [4.69, 9.17) is 0 Å². The van der Waals surface area contributed by atoms with Gasteiger partial charge in [-0.05, 0) is 113 Å². The van der Waals surface area contributed by atoms with Crippen molar-refractivity contribution in [3.63, 3.8) is 0 Å². The molecule has 0 unspecified atom stereocenters. The van der Waals surface area contributed by atoms with Crippen LogP contribution in [-0.2, 0) is 0 Å². The number of fused-ring (bicyclic) bond motifs is 9. The van der Waals surface area contributed by atoms with Crippen LogP contribution >= 0.6 is 11.3 Å². The van der Waals surface area contributed by atoms with Crippen molar-refractivity contribution in [2.75, 3.05) is 0 Å². The molecule has 94 heavy (non-hydrogen) atoms. The highest BCUT2D eigenvalue weighted by molar-refractivity contribution is 7.26. The Morgan fingerprint density at radius 2 is 0.638 bits per heavy atom. The predicted molar refractivity (Wildman–Crippen MR) is 404 cm³/mol. The second-order valence-electron chi connectivity index (χ2n) is 24.6. The largest absolute Gasteiger partial charge is 0.309 e. The van der Waals surface area contributed by atoms with Gasteiger partial charge in [0, 0.05) is 64.1 Å². The van der Waals surface area contributed by atoms with Crippen LogP contribution < -0.4 is 20.7 Å². The Kier molecular flexibility index (Phi) is 13.5. The molecule has 0 spiro atoms. The Morgan fingerprint density at radius 1 is 0.223 bits per heavy atom. The summed E-state index contributed by atoms with van der Waals surface area (Å²) in [7, 11) is -3.34. The lowest BCUT2D eigenvalue weighted by Crippen LogP contribution is -2.74. The minimum atomic E-state index is -3.34. The molecule has 0 radical (unpaired) electrons. The molecule has 0 N–H and O–H groups in total. The van der Waals surface area contributed by atoms with Gasteiger partial charge in [-0.2, -0.15) is 0 Å². The minimum absolute atomic E-state index is 1.11. The second-order valence-corrected chi connectivity index (χ2v) is 29.5. The summed E-state index contributed by atoms with van der Waals surface area (Å²) < 4.78 is 7.73. The SMILES string of the molecule is c1ccc(-c2cccc([Si](c3ccccc3)(c3cccc(-c4ccccc4)c3)c3cc(-c4ccccc4)c(-n4c5ccccc5c5cc(-n6c7ccccc7c7cccc(-c8ccccc8-c8cccc9sc%10ccccc%10c89)c76)ccc54)c(-c4ccccc4)c3)c2)cc1. The van der Waals surface area contributed by atoms with Gasteiger partial charge < -0.3 is 9.13 Å². The fourth-order valence-electron chi connectivity index (χ4n) is 15.4. The maximum absolute atomic E-state index is 3.34. The zero-order valence-corrected chi connectivity index (χ0v) is 53.3. The lowest BCUT2D eigenvalue weighted by Gasteiger charge is -2.36. The Bertz CT molecular complexity index is 5760. The first-order valence-corrected chi connectivity index (χ1v) is 35.2. The summed E-state index contributed by atoms with van der Waals surface area (Å²) in [6, 6.07) is 137. The van der Waals surface area contributed by atoms with Gasteiger partial charge in [-0.15, -0.1) is 11.3 Å². The quantitative estimate of drug-likeness (QED) is 0.0852.